The third kappa shape index (κ3) is 4.25. The average molecular weight is 262 g/mol. The highest BCUT2D eigenvalue weighted by Crippen LogP contribution is 2.23. The van der Waals surface area contributed by atoms with Crippen LogP contribution in [0.3, 0.4) is 0 Å². The Balaban J connectivity index is 1.71. The Morgan fingerprint density at radius 1 is 1.44 bits per heavy atom. The van der Waals surface area contributed by atoms with Crippen LogP contribution in [0.15, 0.2) is 29.2 Å². The van der Waals surface area contributed by atoms with E-state index in [0.29, 0.717) is 6.04 Å². The van der Waals surface area contributed by atoms with Crippen molar-refractivity contribution in [2.45, 2.75) is 36.2 Å². The summed E-state index contributed by atoms with van der Waals surface area (Å²) in [5.41, 5.74) is 0. The molecule has 1 aliphatic carbocycles. The summed E-state index contributed by atoms with van der Waals surface area (Å²) in [6.07, 6.45) is 3.34. The van der Waals surface area contributed by atoms with E-state index in [-0.39, 0.29) is 6.04 Å². The number of thioether (sulfide) groups is 1. The van der Waals surface area contributed by atoms with Gasteiger partial charge < -0.3 is 4.74 Å². The van der Waals surface area contributed by atoms with Crippen LogP contribution in [0, 0.1) is 11.3 Å². The van der Waals surface area contributed by atoms with Gasteiger partial charge in [0.05, 0.1) is 19.2 Å². The lowest BCUT2D eigenvalue weighted by molar-refractivity contribution is 0.414. The lowest BCUT2D eigenvalue weighted by Gasteiger charge is -2.10. The first-order chi connectivity index (χ1) is 8.81. The molecule has 1 atom stereocenters. The Kier molecular flexibility index (Phi) is 4.91. The van der Waals surface area contributed by atoms with E-state index in [1.165, 1.54) is 17.7 Å². The number of nitriles is 1. The van der Waals surface area contributed by atoms with Crippen LogP contribution in [0.4, 0.5) is 0 Å². The Labute approximate surface area is 113 Å². The van der Waals surface area contributed by atoms with Crippen LogP contribution in [0.25, 0.3) is 0 Å². The summed E-state index contributed by atoms with van der Waals surface area (Å²) in [5.74, 6) is 1.84. The van der Waals surface area contributed by atoms with Crippen molar-refractivity contribution >= 4 is 11.8 Å². The lowest BCUT2D eigenvalue weighted by Crippen LogP contribution is -2.29. The monoisotopic (exact) mass is 262 g/mol. The van der Waals surface area contributed by atoms with Crippen molar-refractivity contribution < 1.29 is 4.74 Å². The molecule has 0 bridgehead atoms. The fourth-order valence-corrected chi connectivity index (χ4v) is 2.60. The Morgan fingerprint density at radius 2 is 2.17 bits per heavy atom. The molecule has 18 heavy (non-hydrogen) atoms. The standard InChI is InChI=1S/C14H18N2OS/c1-17-13-4-6-14(7-5-13)18-9-8-12(10-15)16-11-2-3-11/h4-7,11-12,16H,2-3,8-9H2,1H3. The highest BCUT2D eigenvalue weighted by molar-refractivity contribution is 7.99. The van der Waals surface area contributed by atoms with E-state index in [4.69, 9.17) is 10.00 Å². The van der Waals surface area contributed by atoms with Crippen molar-refractivity contribution in [2.24, 2.45) is 0 Å². The Bertz CT molecular complexity index is 409. The maximum atomic E-state index is 9.03. The van der Waals surface area contributed by atoms with Gasteiger partial charge in [0.25, 0.3) is 0 Å². The Hall–Kier alpha value is -1.18. The second-order valence-corrected chi connectivity index (χ2v) is 5.60. The molecular formula is C14H18N2OS. The van der Waals surface area contributed by atoms with E-state index in [2.05, 4.69) is 23.5 Å². The van der Waals surface area contributed by atoms with Gasteiger partial charge in [-0.3, -0.25) is 5.32 Å². The molecule has 1 N–H and O–H groups in total. The van der Waals surface area contributed by atoms with Crippen molar-refractivity contribution in [3.8, 4) is 11.8 Å². The molecular weight excluding hydrogens is 244 g/mol. The number of methoxy groups -OCH3 is 1. The van der Waals surface area contributed by atoms with Crippen LogP contribution < -0.4 is 10.1 Å². The highest BCUT2D eigenvalue weighted by atomic mass is 32.2. The zero-order valence-electron chi connectivity index (χ0n) is 10.6. The minimum Gasteiger partial charge on any atom is -0.497 e. The SMILES string of the molecule is COc1ccc(SCCC(C#N)NC2CC2)cc1. The molecule has 0 saturated heterocycles. The topological polar surface area (TPSA) is 45.0 Å². The minimum atomic E-state index is 0.00301. The molecule has 1 aromatic carbocycles. The number of hydrogen-bond acceptors (Lipinski definition) is 4. The summed E-state index contributed by atoms with van der Waals surface area (Å²) in [5, 5.41) is 12.4. The summed E-state index contributed by atoms with van der Waals surface area (Å²) in [7, 11) is 1.67. The van der Waals surface area contributed by atoms with Gasteiger partial charge in [-0.05, 0) is 43.5 Å². The first kappa shape index (κ1) is 13.3. The van der Waals surface area contributed by atoms with Gasteiger partial charge in [0, 0.05) is 16.7 Å². The van der Waals surface area contributed by atoms with Gasteiger partial charge in [-0.2, -0.15) is 5.26 Å². The maximum Gasteiger partial charge on any atom is 0.118 e. The van der Waals surface area contributed by atoms with Crippen molar-refractivity contribution in [3.63, 3.8) is 0 Å². The van der Waals surface area contributed by atoms with E-state index < -0.39 is 0 Å². The normalized spacial score (nSPS) is 16.0. The van der Waals surface area contributed by atoms with Gasteiger partial charge in [0.2, 0.25) is 0 Å². The van der Waals surface area contributed by atoms with Crippen LogP contribution in [0.1, 0.15) is 19.3 Å². The molecule has 1 fully saturated rings. The van der Waals surface area contributed by atoms with Crippen molar-refractivity contribution in [1.82, 2.24) is 5.32 Å². The molecule has 1 unspecified atom stereocenters. The number of nitrogens with zero attached hydrogens (tertiary/aromatic N) is 1. The predicted molar refractivity (Wildman–Crippen MR) is 73.9 cm³/mol. The van der Waals surface area contributed by atoms with Crippen LogP contribution in [-0.4, -0.2) is 24.9 Å². The van der Waals surface area contributed by atoms with E-state index in [1.54, 1.807) is 18.9 Å². The van der Waals surface area contributed by atoms with E-state index in [0.717, 1.165) is 17.9 Å². The highest BCUT2D eigenvalue weighted by Gasteiger charge is 2.24. The summed E-state index contributed by atoms with van der Waals surface area (Å²) in [6.45, 7) is 0. The predicted octanol–water partition coefficient (Wildman–Crippen LogP) is 2.82. The van der Waals surface area contributed by atoms with Gasteiger partial charge in [-0.1, -0.05) is 0 Å². The number of rotatable bonds is 7. The average Bonchev–Trinajstić information content (AvgIpc) is 3.22. The quantitative estimate of drug-likeness (QED) is 0.767. The largest absolute Gasteiger partial charge is 0.497 e. The summed E-state index contributed by atoms with van der Waals surface area (Å²) < 4.78 is 5.12. The number of benzene rings is 1. The molecule has 2 rings (SSSR count). The number of hydrogen-bond donors (Lipinski definition) is 1. The molecule has 1 saturated carbocycles. The van der Waals surface area contributed by atoms with E-state index in [1.807, 2.05) is 12.1 Å². The zero-order chi connectivity index (χ0) is 12.8. The molecule has 0 aliphatic heterocycles. The fraction of sp³-hybridized carbons (Fsp3) is 0.500. The first-order valence-electron chi connectivity index (χ1n) is 6.24. The minimum absolute atomic E-state index is 0.00301. The molecule has 0 radical (unpaired) electrons. The number of ether oxygens (including phenoxy) is 1. The molecule has 0 heterocycles. The Morgan fingerprint density at radius 3 is 2.72 bits per heavy atom. The zero-order valence-corrected chi connectivity index (χ0v) is 11.4. The number of nitrogens with one attached hydrogen (secondary N) is 1. The molecule has 4 heteroatoms. The second kappa shape index (κ2) is 6.67. The molecule has 1 aliphatic rings. The fourth-order valence-electron chi connectivity index (χ4n) is 1.69. The molecule has 3 nitrogen and oxygen atoms in total. The third-order valence-electron chi connectivity index (χ3n) is 2.90. The van der Waals surface area contributed by atoms with Crippen molar-refractivity contribution in [3.05, 3.63) is 24.3 Å². The molecule has 0 amide bonds. The van der Waals surface area contributed by atoms with Gasteiger partial charge in [-0.15, -0.1) is 11.8 Å². The second-order valence-electron chi connectivity index (χ2n) is 4.44. The maximum absolute atomic E-state index is 9.03. The van der Waals surface area contributed by atoms with Gasteiger partial charge in [0.1, 0.15) is 5.75 Å². The summed E-state index contributed by atoms with van der Waals surface area (Å²) in [6, 6.07) is 11.0. The molecule has 0 aromatic heterocycles. The third-order valence-corrected chi connectivity index (χ3v) is 3.95. The van der Waals surface area contributed by atoms with Crippen LogP contribution in [-0.2, 0) is 0 Å². The molecule has 96 valence electrons. The smallest absolute Gasteiger partial charge is 0.118 e. The van der Waals surface area contributed by atoms with E-state index >= 15 is 0 Å². The summed E-state index contributed by atoms with van der Waals surface area (Å²) >= 11 is 1.78. The van der Waals surface area contributed by atoms with Gasteiger partial charge in [-0.25, -0.2) is 0 Å². The summed E-state index contributed by atoms with van der Waals surface area (Å²) in [4.78, 5) is 1.22. The van der Waals surface area contributed by atoms with Crippen LogP contribution in [0.2, 0.25) is 0 Å². The first-order valence-corrected chi connectivity index (χ1v) is 7.23. The lowest BCUT2D eigenvalue weighted by atomic mass is 10.2. The van der Waals surface area contributed by atoms with E-state index in [9.17, 15) is 0 Å². The van der Waals surface area contributed by atoms with Gasteiger partial charge in [0.15, 0.2) is 0 Å². The van der Waals surface area contributed by atoms with Crippen LogP contribution in [0.5, 0.6) is 5.75 Å². The molecule has 1 aromatic rings. The van der Waals surface area contributed by atoms with Crippen molar-refractivity contribution in [2.75, 3.05) is 12.9 Å². The van der Waals surface area contributed by atoms with Crippen LogP contribution >= 0.6 is 11.8 Å². The van der Waals surface area contributed by atoms with Gasteiger partial charge >= 0.3 is 0 Å². The van der Waals surface area contributed by atoms with Crippen molar-refractivity contribution in [1.29, 1.82) is 5.26 Å². The molecule has 0 spiro atoms.